The topological polar surface area (TPSA) is 40.5 Å². The van der Waals surface area contributed by atoms with E-state index in [2.05, 4.69) is 6.58 Å². The summed E-state index contributed by atoms with van der Waals surface area (Å²) in [6.07, 6.45) is 1.12. The van der Waals surface area contributed by atoms with Crippen LogP contribution >= 0.6 is 0 Å². The van der Waals surface area contributed by atoms with E-state index in [1.165, 1.54) is 17.0 Å². The summed E-state index contributed by atoms with van der Waals surface area (Å²) in [5, 5.41) is 8.81. The van der Waals surface area contributed by atoms with Crippen LogP contribution in [0, 0.1) is 11.6 Å². The highest BCUT2D eigenvalue weighted by Gasteiger charge is 2.17. The zero-order valence-electron chi connectivity index (χ0n) is 9.90. The molecule has 0 saturated carbocycles. The van der Waals surface area contributed by atoms with Gasteiger partial charge in [0.1, 0.15) is 11.6 Å². The molecule has 1 rings (SSSR count). The van der Waals surface area contributed by atoms with Gasteiger partial charge in [-0.3, -0.25) is 4.79 Å². The molecule has 0 aliphatic heterocycles. The lowest BCUT2D eigenvalue weighted by molar-refractivity contribution is -0.130. The number of benzene rings is 1. The van der Waals surface area contributed by atoms with E-state index in [0.717, 1.165) is 12.1 Å². The van der Waals surface area contributed by atoms with E-state index in [4.69, 9.17) is 5.11 Å². The lowest BCUT2D eigenvalue weighted by Crippen LogP contribution is -2.35. The molecule has 5 heteroatoms. The van der Waals surface area contributed by atoms with Crippen molar-refractivity contribution in [1.29, 1.82) is 0 Å². The molecule has 0 aliphatic carbocycles. The standard InChI is InChI=1S/C13H15F2NO2/c1-2-6-16(7-8-17)13(18)9-10-11(14)4-3-5-12(10)15/h2-5,17H,1,6-9H2. The molecule has 0 bridgehead atoms. The quantitative estimate of drug-likeness (QED) is 0.783. The SMILES string of the molecule is C=CCN(CCO)C(=O)Cc1c(F)cccc1F. The number of hydrogen-bond acceptors (Lipinski definition) is 2. The molecule has 1 aromatic carbocycles. The van der Waals surface area contributed by atoms with E-state index >= 15 is 0 Å². The number of rotatable bonds is 6. The van der Waals surface area contributed by atoms with Crippen LogP contribution in [0.4, 0.5) is 8.78 Å². The molecule has 0 heterocycles. The molecule has 0 aliphatic rings. The summed E-state index contributed by atoms with van der Waals surface area (Å²) in [6, 6.07) is 3.46. The minimum Gasteiger partial charge on any atom is -0.395 e. The number of carbonyl (C=O) groups is 1. The van der Waals surface area contributed by atoms with Gasteiger partial charge in [-0.25, -0.2) is 8.78 Å². The average molecular weight is 255 g/mol. The van der Waals surface area contributed by atoms with Crippen LogP contribution in [0.3, 0.4) is 0 Å². The highest BCUT2D eigenvalue weighted by atomic mass is 19.1. The number of carbonyl (C=O) groups excluding carboxylic acids is 1. The second-order valence-electron chi connectivity index (χ2n) is 3.73. The maximum Gasteiger partial charge on any atom is 0.227 e. The van der Waals surface area contributed by atoms with Crippen molar-refractivity contribution in [1.82, 2.24) is 4.90 Å². The lowest BCUT2D eigenvalue weighted by atomic mass is 10.1. The summed E-state index contributed by atoms with van der Waals surface area (Å²) in [5.41, 5.74) is -0.255. The van der Waals surface area contributed by atoms with Gasteiger partial charge >= 0.3 is 0 Å². The predicted octanol–water partition coefficient (Wildman–Crippen LogP) is 1.51. The highest BCUT2D eigenvalue weighted by Crippen LogP contribution is 2.13. The molecular weight excluding hydrogens is 240 g/mol. The first-order valence-corrected chi connectivity index (χ1v) is 5.52. The van der Waals surface area contributed by atoms with Crippen molar-refractivity contribution in [3.05, 3.63) is 48.1 Å². The van der Waals surface area contributed by atoms with Crippen LogP contribution in [0.1, 0.15) is 5.56 Å². The maximum atomic E-state index is 13.4. The third-order valence-electron chi connectivity index (χ3n) is 2.46. The first-order chi connectivity index (χ1) is 8.60. The molecule has 18 heavy (non-hydrogen) atoms. The largest absolute Gasteiger partial charge is 0.395 e. The molecule has 1 aromatic rings. The summed E-state index contributed by atoms with van der Waals surface area (Å²) in [5.74, 6) is -1.94. The zero-order valence-corrected chi connectivity index (χ0v) is 9.90. The summed E-state index contributed by atoms with van der Waals surface area (Å²) in [4.78, 5) is 13.1. The van der Waals surface area contributed by atoms with E-state index in [1.807, 2.05) is 0 Å². The number of nitrogens with zero attached hydrogens (tertiary/aromatic N) is 1. The Labute approximate surface area is 104 Å². The summed E-state index contributed by atoms with van der Waals surface area (Å²) in [7, 11) is 0. The Hall–Kier alpha value is -1.75. The first-order valence-electron chi connectivity index (χ1n) is 5.52. The average Bonchev–Trinajstić information content (AvgIpc) is 2.33. The Kier molecular flexibility index (Phi) is 5.45. The van der Waals surface area contributed by atoms with Crippen molar-refractivity contribution in [2.75, 3.05) is 19.7 Å². The fourth-order valence-corrected chi connectivity index (χ4v) is 1.56. The summed E-state index contributed by atoms with van der Waals surface area (Å²) >= 11 is 0. The van der Waals surface area contributed by atoms with Crippen LogP contribution in [-0.4, -0.2) is 35.6 Å². The van der Waals surface area contributed by atoms with Crippen molar-refractivity contribution in [2.45, 2.75) is 6.42 Å². The number of amides is 1. The van der Waals surface area contributed by atoms with Crippen LogP contribution in [-0.2, 0) is 11.2 Å². The fraction of sp³-hybridized carbons (Fsp3) is 0.308. The van der Waals surface area contributed by atoms with Crippen molar-refractivity contribution >= 4 is 5.91 Å². The highest BCUT2D eigenvalue weighted by molar-refractivity contribution is 5.79. The molecule has 0 spiro atoms. The fourth-order valence-electron chi connectivity index (χ4n) is 1.56. The minimum atomic E-state index is -0.745. The van der Waals surface area contributed by atoms with Crippen molar-refractivity contribution in [3.63, 3.8) is 0 Å². The molecule has 3 nitrogen and oxygen atoms in total. The monoisotopic (exact) mass is 255 g/mol. The van der Waals surface area contributed by atoms with E-state index < -0.39 is 17.5 Å². The molecule has 0 saturated heterocycles. The van der Waals surface area contributed by atoms with E-state index in [9.17, 15) is 13.6 Å². The van der Waals surface area contributed by atoms with Crippen LogP contribution in [0.15, 0.2) is 30.9 Å². The molecule has 1 N–H and O–H groups in total. The first kappa shape index (κ1) is 14.3. The van der Waals surface area contributed by atoms with Crippen molar-refractivity contribution in [3.8, 4) is 0 Å². The van der Waals surface area contributed by atoms with Gasteiger partial charge in [-0.2, -0.15) is 0 Å². The van der Waals surface area contributed by atoms with E-state index in [-0.39, 0.29) is 31.7 Å². The molecule has 0 unspecified atom stereocenters. The predicted molar refractivity (Wildman–Crippen MR) is 63.9 cm³/mol. The second kappa shape index (κ2) is 6.86. The summed E-state index contributed by atoms with van der Waals surface area (Å²) < 4.78 is 26.7. The molecule has 0 aromatic heterocycles. The Balaban J connectivity index is 2.82. The van der Waals surface area contributed by atoms with Crippen LogP contribution in [0.2, 0.25) is 0 Å². The number of hydrogen-bond donors (Lipinski definition) is 1. The maximum absolute atomic E-state index is 13.4. The minimum absolute atomic E-state index is 0.112. The van der Waals surface area contributed by atoms with Gasteiger partial charge in [-0.05, 0) is 12.1 Å². The summed E-state index contributed by atoms with van der Waals surface area (Å²) in [6.45, 7) is 3.62. The molecule has 0 radical (unpaired) electrons. The third-order valence-corrected chi connectivity index (χ3v) is 2.46. The van der Waals surface area contributed by atoms with Crippen LogP contribution in [0.25, 0.3) is 0 Å². The van der Waals surface area contributed by atoms with E-state index in [0.29, 0.717) is 0 Å². The van der Waals surface area contributed by atoms with Crippen LogP contribution < -0.4 is 0 Å². The van der Waals surface area contributed by atoms with Crippen molar-refractivity contribution in [2.24, 2.45) is 0 Å². The number of aliphatic hydroxyl groups is 1. The Bertz CT molecular complexity index is 415. The molecule has 98 valence electrons. The smallest absolute Gasteiger partial charge is 0.227 e. The van der Waals surface area contributed by atoms with Gasteiger partial charge in [-0.1, -0.05) is 12.1 Å². The van der Waals surface area contributed by atoms with E-state index in [1.54, 1.807) is 0 Å². The van der Waals surface area contributed by atoms with Gasteiger partial charge in [0.05, 0.1) is 13.0 Å². The third kappa shape index (κ3) is 3.63. The Morgan fingerprint density at radius 1 is 1.39 bits per heavy atom. The van der Waals surface area contributed by atoms with Gasteiger partial charge in [0, 0.05) is 18.7 Å². The molecule has 1 amide bonds. The second-order valence-corrected chi connectivity index (χ2v) is 3.73. The van der Waals surface area contributed by atoms with Gasteiger partial charge in [0.25, 0.3) is 0 Å². The Morgan fingerprint density at radius 2 is 2.00 bits per heavy atom. The van der Waals surface area contributed by atoms with Crippen molar-refractivity contribution < 1.29 is 18.7 Å². The number of halogens is 2. The molecular formula is C13H15F2NO2. The molecule has 0 fully saturated rings. The lowest BCUT2D eigenvalue weighted by Gasteiger charge is -2.20. The van der Waals surface area contributed by atoms with Gasteiger partial charge in [-0.15, -0.1) is 6.58 Å². The van der Waals surface area contributed by atoms with Gasteiger partial charge in [0.15, 0.2) is 0 Å². The normalized spacial score (nSPS) is 10.2. The Morgan fingerprint density at radius 3 is 2.50 bits per heavy atom. The van der Waals surface area contributed by atoms with Gasteiger partial charge < -0.3 is 10.0 Å². The van der Waals surface area contributed by atoms with Gasteiger partial charge in [0.2, 0.25) is 5.91 Å². The van der Waals surface area contributed by atoms with Crippen LogP contribution in [0.5, 0.6) is 0 Å². The molecule has 0 atom stereocenters. The number of aliphatic hydroxyl groups excluding tert-OH is 1. The zero-order chi connectivity index (χ0) is 13.5.